The summed E-state index contributed by atoms with van der Waals surface area (Å²) in [6, 6.07) is 9.60. The average molecular weight is 347 g/mol. The van der Waals surface area contributed by atoms with Crippen molar-refractivity contribution in [1.82, 2.24) is 9.55 Å². The maximum atomic E-state index is 12.5. The first-order valence-corrected chi connectivity index (χ1v) is 8.23. The predicted molar refractivity (Wildman–Crippen MR) is 89.7 cm³/mol. The number of nitrogens with zero attached hydrogens (tertiary/aromatic N) is 2. The highest BCUT2D eigenvalue weighted by molar-refractivity contribution is 7.98. The molecular formula is C16H17N3O4S. The molecule has 24 heavy (non-hydrogen) atoms. The van der Waals surface area contributed by atoms with Crippen LogP contribution in [0.25, 0.3) is 0 Å². The number of amides is 1. The van der Waals surface area contributed by atoms with Gasteiger partial charge in [0, 0.05) is 5.75 Å². The van der Waals surface area contributed by atoms with Crippen LogP contribution in [0.5, 0.6) is 0 Å². The van der Waals surface area contributed by atoms with E-state index < -0.39 is 17.4 Å². The van der Waals surface area contributed by atoms with Gasteiger partial charge in [0.15, 0.2) is 5.16 Å². The zero-order valence-corrected chi connectivity index (χ0v) is 13.9. The third-order valence-electron chi connectivity index (χ3n) is 3.03. The second kappa shape index (κ2) is 8.30. The topological polar surface area (TPSA) is 104 Å². The predicted octanol–water partition coefficient (Wildman–Crippen LogP) is 1.20. The Bertz CT molecular complexity index is 790. The minimum absolute atomic E-state index is 0.138. The summed E-state index contributed by atoms with van der Waals surface area (Å²) in [5.41, 5.74) is 5.38. The van der Waals surface area contributed by atoms with Crippen molar-refractivity contribution in [2.75, 3.05) is 6.61 Å². The first kappa shape index (κ1) is 17.7. The van der Waals surface area contributed by atoms with Gasteiger partial charge < -0.3 is 10.5 Å². The van der Waals surface area contributed by atoms with Crippen molar-refractivity contribution in [1.29, 1.82) is 0 Å². The number of ether oxygens (including phenoxy) is 1. The third-order valence-corrected chi connectivity index (χ3v) is 4.09. The molecule has 8 heteroatoms. The van der Waals surface area contributed by atoms with E-state index in [4.69, 9.17) is 10.5 Å². The summed E-state index contributed by atoms with van der Waals surface area (Å²) in [6.45, 7) is 1.42. The van der Waals surface area contributed by atoms with Gasteiger partial charge in [0.05, 0.1) is 12.8 Å². The summed E-state index contributed by atoms with van der Waals surface area (Å²) in [4.78, 5) is 39.6. The lowest BCUT2D eigenvalue weighted by molar-refractivity contribution is -0.118. The number of nitrogens with two attached hydrogens (primary N) is 1. The van der Waals surface area contributed by atoms with E-state index in [1.807, 2.05) is 30.3 Å². The number of benzene rings is 1. The second-order valence-corrected chi connectivity index (χ2v) is 5.75. The van der Waals surface area contributed by atoms with Crippen LogP contribution in [-0.2, 0) is 21.8 Å². The highest BCUT2D eigenvalue weighted by Crippen LogP contribution is 2.20. The molecule has 2 rings (SSSR count). The fourth-order valence-electron chi connectivity index (χ4n) is 1.96. The standard InChI is InChI=1S/C16H17N3O4S/c1-2-23-15(22)12-8-18-16(19(14(12)21)9-13(17)20)24-10-11-6-4-3-5-7-11/h3-8H,2,9-10H2,1H3,(H2,17,20). The number of hydrogen-bond donors (Lipinski definition) is 1. The molecule has 1 aromatic heterocycles. The van der Waals surface area contributed by atoms with Crippen LogP contribution in [0.4, 0.5) is 0 Å². The summed E-state index contributed by atoms with van der Waals surface area (Å²) < 4.78 is 5.92. The average Bonchev–Trinajstić information content (AvgIpc) is 2.56. The van der Waals surface area contributed by atoms with E-state index in [2.05, 4.69) is 4.98 Å². The fourth-order valence-corrected chi connectivity index (χ4v) is 2.88. The molecule has 1 amide bonds. The number of thioether (sulfide) groups is 1. The smallest absolute Gasteiger partial charge is 0.345 e. The van der Waals surface area contributed by atoms with Crippen molar-refractivity contribution >= 4 is 23.6 Å². The van der Waals surface area contributed by atoms with Crippen LogP contribution in [0.3, 0.4) is 0 Å². The zero-order valence-electron chi connectivity index (χ0n) is 13.1. The molecule has 1 heterocycles. The van der Waals surface area contributed by atoms with E-state index in [0.717, 1.165) is 10.1 Å². The van der Waals surface area contributed by atoms with Crippen LogP contribution < -0.4 is 11.3 Å². The number of esters is 1. The van der Waals surface area contributed by atoms with E-state index in [0.29, 0.717) is 10.9 Å². The monoisotopic (exact) mass is 347 g/mol. The quantitative estimate of drug-likeness (QED) is 0.458. The Kier molecular flexibility index (Phi) is 6.14. The molecule has 2 aromatic rings. The molecule has 0 unspecified atom stereocenters. The van der Waals surface area contributed by atoms with Crippen molar-refractivity contribution in [3.63, 3.8) is 0 Å². The van der Waals surface area contributed by atoms with Crippen molar-refractivity contribution in [2.45, 2.75) is 24.4 Å². The van der Waals surface area contributed by atoms with Crippen LogP contribution in [0.2, 0.25) is 0 Å². The van der Waals surface area contributed by atoms with Gasteiger partial charge in [-0.25, -0.2) is 9.78 Å². The SMILES string of the molecule is CCOC(=O)c1cnc(SCc2ccccc2)n(CC(N)=O)c1=O. The van der Waals surface area contributed by atoms with Crippen LogP contribution in [0.1, 0.15) is 22.8 Å². The van der Waals surface area contributed by atoms with Gasteiger partial charge in [-0.15, -0.1) is 0 Å². The first-order valence-electron chi connectivity index (χ1n) is 7.25. The molecule has 0 fully saturated rings. The summed E-state index contributed by atoms with van der Waals surface area (Å²) in [6.07, 6.45) is 1.17. The maximum Gasteiger partial charge on any atom is 0.345 e. The summed E-state index contributed by atoms with van der Waals surface area (Å²) in [5.74, 6) is -0.903. The fraction of sp³-hybridized carbons (Fsp3) is 0.250. The van der Waals surface area contributed by atoms with Crippen molar-refractivity contribution in [3.8, 4) is 0 Å². The molecule has 2 N–H and O–H groups in total. The van der Waals surface area contributed by atoms with Crippen LogP contribution in [-0.4, -0.2) is 28.0 Å². The van der Waals surface area contributed by atoms with Crippen molar-refractivity contribution < 1.29 is 14.3 Å². The summed E-state index contributed by atoms with van der Waals surface area (Å²) in [5, 5.41) is 0.315. The molecule has 0 aliphatic heterocycles. The van der Waals surface area contributed by atoms with E-state index in [-0.39, 0.29) is 18.7 Å². The molecule has 126 valence electrons. The number of primary amides is 1. The molecule has 0 aliphatic rings. The van der Waals surface area contributed by atoms with Gasteiger partial charge in [-0.2, -0.15) is 0 Å². The zero-order chi connectivity index (χ0) is 17.5. The third kappa shape index (κ3) is 4.45. The largest absolute Gasteiger partial charge is 0.462 e. The van der Waals surface area contributed by atoms with Gasteiger partial charge in [0.2, 0.25) is 5.91 Å². The molecular weight excluding hydrogens is 330 g/mol. The van der Waals surface area contributed by atoms with E-state index in [1.54, 1.807) is 6.92 Å². The van der Waals surface area contributed by atoms with Crippen LogP contribution in [0, 0.1) is 0 Å². The summed E-state index contributed by atoms with van der Waals surface area (Å²) >= 11 is 1.28. The molecule has 7 nitrogen and oxygen atoms in total. The van der Waals surface area contributed by atoms with Gasteiger partial charge in [-0.05, 0) is 12.5 Å². The lowest BCUT2D eigenvalue weighted by Gasteiger charge is -2.11. The second-order valence-electron chi connectivity index (χ2n) is 4.81. The molecule has 0 atom stereocenters. The molecule has 0 saturated heterocycles. The van der Waals surface area contributed by atoms with E-state index in [1.165, 1.54) is 18.0 Å². The van der Waals surface area contributed by atoms with Crippen molar-refractivity contribution in [3.05, 3.63) is 58.0 Å². The van der Waals surface area contributed by atoms with Gasteiger partial charge in [-0.3, -0.25) is 14.2 Å². The Morgan fingerprint density at radius 2 is 2.00 bits per heavy atom. The van der Waals surface area contributed by atoms with Crippen LogP contribution >= 0.6 is 11.8 Å². The number of hydrogen-bond acceptors (Lipinski definition) is 6. The maximum absolute atomic E-state index is 12.5. The van der Waals surface area contributed by atoms with Gasteiger partial charge in [0.25, 0.3) is 5.56 Å². The van der Waals surface area contributed by atoms with Crippen LogP contribution in [0.15, 0.2) is 46.5 Å². The minimum Gasteiger partial charge on any atom is -0.462 e. The van der Waals surface area contributed by atoms with E-state index in [9.17, 15) is 14.4 Å². The first-order chi connectivity index (χ1) is 11.5. The highest BCUT2D eigenvalue weighted by Gasteiger charge is 2.18. The number of carbonyl (C=O) groups is 2. The molecule has 0 aliphatic carbocycles. The van der Waals surface area contributed by atoms with Gasteiger partial charge >= 0.3 is 5.97 Å². The Balaban J connectivity index is 2.32. The Morgan fingerprint density at radius 1 is 1.29 bits per heavy atom. The molecule has 0 bridgehead atoms. The molecule has 0 saturated carbocycles. The normalized spacial score (nSPS) is 10.4. The lowest BCUT2D eigenvalue weighted by atomic mass is 10.2. The van der Waals surface area contributed by atoms with Gasteiger partial charge in [-0.1, -0.05) is 42.1 Å². The molecule has 1 aromatic carbocycles. The number of aromatic nitrogens is 2. The Labute approximate surface area is 142 Å². The molecule has 0 spiro atoms. The Hall–Kier alpha value is -2.61. The molecule has 0 radical (unpaired) electrons. The van der Waals surface area contributed by atoms with Gasteiger partial charge in [0.1, 0.15) is 12.1 Å². The lowest BCUT2D eigenvalue weighted by Crippen LogP contribution is -2.33. The highest BCUT2D eigenvalue weighted by atomic mass is 32.2. The van der Waals surface area contributed by atoms with E-state index >= 15 is 0 Å². The minimum atomic E-state index is -0.771. The number of rotatable bonds is 7. The number of carbonyl (C=O) groups excluding carboxylic acids is 2. The Morgan fingerprint density at radius 3 is 2.62 bits per heavy atom. The van der Waals surface area contributed by atoms with Crippen molar-refractivity contribution in [2.24, 2.45) is 5.73 Å². The summed E-state index contributed by atoms with van der Waals surface area (Å²) in [7, 11) is 0.